The summed E-state index contributed by atoms with van der Waals surface area (Å²) in [7, 11) is 0. The second-order valence-corrected chi connectivity index (χ2v) is 6.60. The van der Waals surface area contributed by atoms with Gasteiger partial charge in [0, 0.05) is 6.61 Å². The lowest BCUT2D eigenvalue weighted by Crippen LogP contribution is -2.11. The van der Waals surface area contributed by atoms with Crippen LogP contribution in [0.25, 0.3) is 0 Å². The van der Waals surface area contributed by atoms with Crippen molar-refractivity contribution < 1.29 is 4.74 Å². The highest BCUT2D eigenvalue weighted by Gasteiger charge is 2.20. The zero-order valence-electron chi connectivity index (χ0n) is 14.4. The maximum atomic E-state index is 5.69. The van der Waals surface area contributed by atoms with Crippen molar-refractivity contribution in [1.82, 2.24) is 0 Å². The average molecular weight is 300 g/mol. The Bertz CT molecular complexity index is 424. The molecule has 122 valence electrons. The third kappa shape index (κ3) is 5.61. The lowest BCUT2D eigenvalue weighted by molar-refractivity contribution is 0.118. The van der Waals surface area contributed by atoms with Crippen LogP contribution in [0.15, 0.2) is 36.4 Å². The lowest BCUT2D eigenvalue weighted by Gasteiger charge is -2.27. The molecule has 1 heteroatoms. The number of hydrogen-bond acceptors (Lipinski definition) is 1. The van der Waals surface area contributed by atoms with Gasteiger partial charge in [0.15, 0.2) is 0 Å². The van der Waals surface area contributed by atoms with E-state index in [0.29, 0.717) is 0 Å². The Kier molecular flexibility index (Phi) is 7.73. The number of ether oxygens (including phenoxy) is 1. The first kappa shape index (κ1) is 17.3. The predicted molar refractivity (Wildman–Crippen MR) is 95.1 cm³/mol. The zero-order valence-corrected chi connectivity index (χ0v) is 14.4. The van der Waals surface area contributed by atoms with Crippen LogP contribution in [-0.2, 0) is 11.3 Å². The fraction of sp³-hybridized carbons (Fsp3) is 0.619. The van der Waals surface area contributed by atoms with Gasteiger partial charge >= 0.3 is 0 Å². The third-order valence-corrected chi connectivity index (χ3v) is 4.78. The molecule has 0 aromatic heterocycles. The first-order valence-corrected chi connectivity index (χ1v) is 9.16. The van der Waals surface area contributed by atoms with E-state index >= 15 is 0 Å². The molecule has 2 rings (SSSR count). The highest BCUT2D eigenvalue weighted by Crippen LogP contribution is 2.36. The molecule has 0 radical (unpaired) electrons. The Hall–Kier alpha value is -1.08. The second-order valence-electron chi connectivity index (χ2n) is 6.60. The van der Waals surface area contributed by atoms with Crippen LogP contribution in [0.5, 0.6) is 0 Å². The van der Waals surface area contributed by atoms with E-state index in [4.69, 9.17) is 4.74 Å². The van der Waals surface area contributed by atoms with Crippen LogP contribution in [0.1, 0.15) is 75.8 Å². The van der Waals surface area contributed by atoms with Crippen LogP contribution in [0.4, 0.5) is 0 Å². The van der Waals surface area contributed by atoms with Gasteiger partial charge in [-0.15, -0.1) is 0 Å². The van der Waals surface area contributed by atoms with Crippen LogP contribution in [0.3, 0.4) is 0 Å². The van der Waals surface area contributed by atoms with E-state index in [1.165, 1.54) is 49.7 Å². The van der Waals surface area contributed by atoms with Crippen LogP contribution >= 0.6 is 0 Å². The van der Waals surface area contributed by atoms with E-state index in [1.807, 2.05) is 0 Å². The zero-order chi connectivity index (χ0) is 15.6. The molecule has 0 aliphatic heterocycles. The number of unbranched alkanes of at least 4 members (excludes halogenated alkanes) is 1. The number of rotatable bonds is 8. The normalized spacial score (nSPS) is 22.3. The van der Waals surface area contributed by atoms with E-state index < -0.39 is 0 Å². The van der Waals surface area contributed by atoms with Gasteiger partial charge in [0.05, 0.1) is 6.61 Å². The van der Waals surface area contributed by atoms with E-state index in [-0.39, 0.29) is 0 Å². The topological polar surface area (TPSA) is 9.23 Å². The highest BCUT2D eigenvalue weighted by atomic mass is 16.5. The maximum absolute atomic E-state index is 5.69. The summed E-state index contributed by atoms with van der Waals surface area (Å²) in [4.78, 5) is 0. The number of benzene rings is 1. The summed E-state index contributed by atoms with van der Waals surface area (Å²) in [5, 5.41) is 0. The van der Waals surface area contributed by atoms with Crippen molar-refractivity contribution in [2.45, 2.75) is 71.3 Å². The molecular weight excluding hydrogens is 268 g/mol. The molecule has 1 aliphatic carbocycles. The molecule has 22 heavy (non-hydrogen) atoms. The van der Waals surface area contributed by atoms with Crippen LogP contribution in [-0.4, -0.2) is 6.61 Å². The van der Waals surface area contributed by atoms with Gasteiger partial charge < -0.3 is 4.74 Å². The van der Waals surface area contributed by atoms with Crippen LogP contribution in [0, 0.1) is 5.92 Å². The van der Waals surface area contributed by atoms with Gasteiger partial charge in [-0.05, 0) is 61.5 Å². The molecule has 1 aliphatic rings. The van der Waals surface area contributed by atoms with Crippen molar-refractivity contribution in [3.05, 3.63) is 47.5 Å². The van der Waals surface area contributed by atoms with Gasteiger partial charge in [0.2, 0.25) is 0 Å². The Balaban J connectivity index is 1.78. The Morgan fingerprint density at radius 2 is 1.77 bits per heavy atom. The van der Waals surface area contributed by atoms with Crippen molar-refractivity contribution in [1.29, 1.82) is 0 Å². The molecule has 0 spiro atoms. The van der Waals surface area contributed by atoms with Gasteiger partial charge in [-0.1, -0.05) is 56.7 Å². The minimum Gasteiger partial charge on any atom is -0.377 e. The van der Waals surface area contributed by atoms with Crippen molar-refractivity contribution in [2.24, 2.45) is 5.92 Å². The Morgan fingerprint density at radius 3 is 2.41 bits per heavy atom. The quantitative estimate of drug-likeness (QED) is 0.407. The third-order valence-electron chi connectivity index (χ3n) is 4.78. The lowest BCUT2D eigenvalue weighted by atomic mass is 9.78. The summed E-state index contributed by atoms with van der Waals surface area (Å²) >= 11 is 0. The van der Waals surface area contributed by atoms with Gasteiger partial charge in [0.25, 0.3) is 0 Å². The minimum atomic E-state index is 0.759. The van der Waals surface area contributed by atoms with Crippen molar-refractivity contribution in [3.8, 4) is 0 Å². The highest BCUT2D eigenvalue weighted by molar-refractivity contribution is 5.25. The summed E-state index contributed by atoms with van der Waals surface area (Å²) in [5.74, 6) is 1.59. The van der Waals surface area contributed by atoms with Crippen LogP contribution < -0.4 is 0 Å². The van der Waals surface area contributed by atoms with Crippen molar-refractivity contribution >= 4 is 0 Å². The van der Waals surface area contributed by atoms with E-state index in [1.54, 1.807) is 0 Å². The van der Waals surface area contributed by atoms with Gasteiger partial charge in [-0.3, -0.25) is 0 Å². The summed E-state index contributed by atoms with van der Waals surface area (Å²) in [5.41, 5.74) is 2.83. The number of allylic oxidation sites excluding steroid dienone is 2. The monoisotopic (exact) mass is 300 g/mol. The molecule has 0 heterocycles. The second kappa shape index (κ2) is 9.84. The average Bonchev–Trinajstić information content (AvgIpc) is 2.58. The Labute approximate surface area is 136 Å². The summed E-state index contributed by atoms with van der Waals surface area (Å²) < 4.78 is 5.69. The molecule has 1 aromatic carbocycles. The largest absolute Gasteiger partial charge is 0.377 e. The molecule has 0 saturated heterocycles. The van der Waals surface area contributed by atoms with Crippen molar-refractivity contribution in [3.63, 3.8) is 0 Å². The summed E-state index contributed by atoms with van der Waals surface area (Å²) in [6.07, 6.45) is 13.7. The van der Waals surface area contributed by atoms with Gasteiger partial charge in [0.1, 0.15) is 0 Å². The Morgan fingerprint density at radius 1 is 1.05 bits per heavy atom. The molecule has 1 nitrogen and oxygen atoms in total. The maximum Gasteiger partial charge on any atom is 0.0716 e. The van der Waals surface area contributed by atoms with E-state index in [2.05, 4.69) is 50.3 Å². The molecule has 0 atom stereocenters. The molecule has 1 fully saturated rings. The summed E-state index contributed by atoms with van der Waals surface area (Å²) in [6.45, 7) is 6.06. The molecule has 0 unspecified atom stereocenters. The first-order chi connectivity index (χ1) is 10.8. The first-order valence-electron chi connectivity index (χ1n) is 9.16. The molecule has 1 saturated carbocycles. The molecule has 0 N–H and O–H groups in total. The van der Waals surface area contributed by atoms with Gasteiger partial charge in [-0.25, -0.2) is 0 Å². The predicted octanol–water partition coefficient (Wildman–Crippen LogP) is 6.24. The standard InChI is InChI=1S/C21H32O/c1-3-5-7-18-8-12-20(13-9-18)21-14-10-19(11-15-21)17-22-16-6-4-2/h5,7,10-11,14-15,18,20H,3-4,6,8-9,12-13,16-17H2,1-2H3/b7-5+/t18-,20-. The smallest absolute Gasteiger partial charge is 0.0716 e. The van der Waals surface area contributed by atoms with Crippen molar-refractivity contribution in [2.75, 3.05) is 6.61 Å². The van der Waals surface area contributed by atoms with E-state index in [9.17, 15) is 0 Å². The fourth-order valence-electron chi connectivity index (χ4n) is 3.30. The van der Waals surface area contributed by atoms with Gasteiger partial charge in [-0.2, -0.15) is 0 Å². The molecule has 0 bridgehead atoms. The summed E-state index contributed by atoms with van der Waals surface area (Å²) in [6, 6.07) is 9.16. The molecular formula is C21H32O. The fourth-order valence-corrected chi connectivity index (χ4v) is 3.30. The SMILES string of the molecule is CC/C=C/[C@H]1CC[C@H](c2ccc(COCCCC)cc2)CC1. The molecule has 0 amide bonds. The minimum absolute atomic E-state index is 0.759. The number of hydrogen-bond donors (Lipinski definition) is 0. The molecule has 1 aromatic rings. The van der Waals surface area contributed by atoms with E-state index in [0.717, 1.165) is 31.5 Å². The van der Waals surface area contributed by atoms with Crippen LogP contribution in [0.2, 0.25) is 0 Å².